The van der Waals surface area contributed by atoms with Crippen molar-refractivity contribution in [1.29, 1.82) is 0 Å². The minimum Gasteiger partial charge on any atom is -0.435 e. The predicted molar refractivity (Wildman–Crippen MR) is 75.0 cm³/mol. The molecular weight excluding hydrogens is 268 g/mol. The second-order valence-corrected chi connectivity index (χ2v) is 6.12. The zero-order valence-corrected chi connectivity index (χ0v) is 11.8. The van der Waals surface area contributed by atoms with Gasteiger partial charge in [0.25, 0.3) is 0 Å². The molecule has 5 heteroatoms. The molecule has 0 aliphatic carbocycles. The Hall–Kier alpha value is -0.810. The van der Waals surface area contributed by atoms with Gasteiger partial charge in [0, 0.05) is 17.8 Å². The molecule has 1 aromatic rings. The van der Waals surface area contributed by atoms with Crippen molar-refractivity contribution in [2.24, 2.45) is 0 Å². The van der Waals surface area contributed by atoms with Crippen molar-refractivity contribution < 1.29 is 13.5 Å². The van der Waals surface area contributed by atoms with Crippen LogP contribution in [0, 0.1) is 0 Å². The Bertz CT molecular complexity index is 397. The molecule has 0 bridgehead atoms. The Kier molecular flexibility index (Phi) is 5.45. The summed E-state index contributed by atoms with van der Waals surface area (Å²) in [7, 11) is 0. The van der Waals surface area contributed by atoms with Crippen molar-refractivity contribution in [2.75, 3.05) is 12.3 Å². The fourth-order valence-electron chi connectivity index (χ4n) is 2.19. The van der Waals surface area contributed by atoms with Crippen LogP contribution < -0.4 is 10.1 Å². The summed E-state index contributed by atoms with van der Waals surface area (Å²) in [6, 6.07) is 7.04. The van der Waals surface area contributed by atoms with Gasteiger partial charge in [-0.1, -0.05) is 12.1 Å². The highest BCUT2D eigenvalue weighted by atomic mass is 32.2. The average molecular weight is 287 g/mol. The maximum absolute atomic E-state index is 12.2. The Balaban J connectivity index is 1.88. The molecule has 1 heterocycles. The number of rotatable bonds is 6. The molecule has 0 saturated carbocycles. The van der Waals surface area contributed by atoms with E-state index in [4.69, 9.17) is 0 Å². The summed E-state index contributed by atoms with van der Waals surface area (Å²) in [6.45, 7) is 0.237. The molecule has 1 N–H and O–H groups in total. The van der Waals surface area contributed by atoms with E-state index >= 15 is 0 Å². The van der Waals surface area contributed by atoms with Gasteiger partial charge in [-0.3, -0.25) is 0 Å². The van der Waals surface area contributed by atoms with Crippen LogP contribution >= 0.6 is 11.8 Å². The van der Waals surface area contributed by atoms with E-state index < -0.39 is 6.61 Å². The van der Waals surface area contributed by atoms with E-state index in [1.54, 1.807) is 18.2 Å². The molecule has 1 aromatic carbocycles. The van der Waals surface area contributed by atoms with Gasteiger partial charge >= 0.3 is 6.61 Å². The normalized spacial score (nSPS) is 20.7. The van der Waals surface area contributed by atoms with Gasteiger partial charge in [-0.15, -0.1) is 0 Å². The van der Waals surface area contributed by atoms with Crippen molar-refractivity contribution in [3.8, 4) is 5.75 Å². The van der Waals surface area contributed by atoms with Crippen LogP contribution in [-0.2, 0) is 0 Å². The highest BCUT2D eigenvalue weighted by molar-refractivity contribution is 8.00. The van der Waals surface area contributed by atoms with Gasteiger partial charge in [0.1, 0.15) is 5.75 Å². The first kappa shape index (κ1) is 14.6. The SMILES string of the molecule is CC(NCC1CCCS1)c1cccc(OC(F)F)c1. The van der Waals surface area contributed by atoms with E-state index in [1.807, 2.05) is 24.8 Å². The highest BCUT2D eigenvalue weighted by Crippen LogP contribution is 2.26. The maximum atomic E-state index is 12.2. The first-order valence-corrected chi connectivity index (χ1v) is 7.60. The van der Waals surface area contributed by atoms with Crippen LogP contribution in [0.1, 0.15) is 31.4 Å². The Morgan fingerprint density at radius 3 is 3.00 bits per heavy atom. The second-order valence-electron chi connectivity index (χ2n) is 4.72. The molecule has 1 fully saturated rings. The highest BCUT2D eigenvalue weighted by Gasteiger charge is 2.16. The molecule has 2 rings (SSSR count). The van der Waals surface area contributed by atoms with Crippen LogP contribution in [0.5, 0.6) is 5.75 Å². The van der Waals surface area contributed by atoms with Crippen molar-refractivity contribution in [1.82, 2.24) is 5.32 Å². The van der Waals surface area contributed by atoms with Crippen LogP contribution in [0.15, 0.2) is 24.3 Å². The quantitative estimate of drug-likeness (QED) is 0.859. The first-order chi connectivity index (χ1) is 9.15. The van der Waals surface area contributed by atoms with E-state index in [0.29, 0.717) is 5.25 Å². The van der Waals surface area contributed by atoms with Gasteiger partial charge in [0.2, 0.25) is 0 Å². The van der Waals surface area contributed by atoms with E-state index in [-0.39, 0.29) is 11.8 Å². The molecule has 106 valence electrons. The van der Waals surface area contributed by atoms with Gasteiger partial charge < -0.3 is 10.1 Å². The number of hydrogen-bond acceptors (Lipinski definition) is 3. The molecule has 2 unspecified atom stereocenters. The summed E-state index contributed by atoms with van der Waals surface area (Å²) >= 11 is 2.00. The molecule has 19 heavy (non-hydrogen) atoms. The van der Waals surface area contributed by atoms with Gasteiger partial charge in [-0.05, 0) is 43.2 Å². The third-order valence-corrected chi connectivity index (χ3v) is 4.66. The zero-order chi connectivity index (χ0) is 13.7. The van der Waals surface area contributed by atoms with Gasteiger partial charge in [0.05, 0.1) is 0 Å². The molecule has 0 aromatic heterocycles. The Labute approximate surface area is 116 Å². The number of halogens is 2. The van der Waals surface area contributed by atoms with Crippen LogP contribution in [0.3, 0.4) is 0 Å². The second kappa shape index (κ2) is 7.10. The number of benzene rings is 1. The standard InChI is InChI=1S/C14H19F2NOS/c1-10(17-9-13-6-3-7-19-13)11-4-2-5-12(8-11)18-14(15)16/h2,4-5,8,10,13-14,17H,3,6-7,9H2,1H3. The summed E-state index contributed by atoms with van der Waals surface area (Å²) < 4.78 is 28.7. The van der Waals surface area contributed by atoms with E-state index in [0.717, 1.165) is 12.1 Å². The van der Waals surface area contributed by atoms with Crippen LogP contribution in [-0.4, -0.2) is 24.2 Å². The summed E-state index contributed by atoms with van der Waals surface area (Å²) in [5, 5.41) is 4.14. The molecule has 1 saturated heterocycles. The average Bonchev–Trinajstić information content (AvgIpc) is 2.88. The topological polar surface area (TPSA) is 21.3 Å². The zero-order valence-electron chi connectivity index (χ0n) is 10.9. The smallest absolute Gasteiger partial charge is 0.387 e. The summed E-state index contributed by atoms with van der Waals surface area (Å²) in [5.41, 5.74) is 0.973. The molecule has 0 amide bonds. The third kappa shape index (κ3) is 4.66. The number of thioether (sulfide) groups is 1. The molecule has 1 aliphatic heterocycles. The van der Waals surface area contributed by atoms with E-state index in [1.165, 1.54) is 18.6 Å². The fraction of sp³-hybridized carbons (Fsp3) is 0.571. The lowest BCUT2D eigenvalue weighted by atomic mass is 10.1. The Morgan fingerprint density at radius 2 is 2.32 bits per heavy atom. The van der Waals surface area contributed by atoms with Crippen molar-refractivity contribution in [3.63, 3.8) is 0 Å². The lowest BCUT2D eigenvalue weighted by molar-refractivity contribution is -0.0499. The lowest BCUT2D eigenvalue weighted by Crippen LogP contribution is -2.26. The van der Waals surface area contributed by atoms with Crippen molar-refractivity contribution in [3.05, 3.63) is 29.8 Å². The predicted octanol–water partition coefficient (Wildman–Crippen LogP) is 3.83. The van der Waals surface area contributed by atoms with Crippen LogP contribution in [0.2, 0.25) is 0 Å². The van der Waals surface area contributed by atoms with Crippen molar-refractivity contribution >= 4 is 11.8 Å². The third-order valence-electron chi connectivity index (χ3n) is 3.26. The van der Waals surface area contributed by atoms with Crippen LogP contribution in [0.4, 0.5) is 8.78 Å². The van der Waals surface area contributed by atoms with Crippen LogP contribution in [0.25, 0.3) is 0 Å². The minimum absolute atomic E-state index is 0.141. The molecular formula is C14H19F2NOS. The molecule has 2 nitrogen and oxygen atoms in total. The number of nitrogens with one attached hydrogen (secondary N) is 1. The van der Waals surface area contributed by atoms with Crippen molar-refractivity contribution in [2.45, 2.75) is 37.7 Å². The first-order valence-electron chi connectivity index (χ1n) is 6.55. The summed E-state index contributed by atoms with van der Waals surface area (Å²) in [6.07, 6.45) is 2.56. The molecule has 1 aliphatic rings. The van der Waals surface area contributed by atoms with Gasteiger partial charge in [-0.25, -0.2) is 0 Å². The molecule has 0 spiro atoms. The van der Waals surface area contributed by atoms with E-state index in [2.05, 4.69) is 10.1 Å². The number of ether oxygens (including phenoxy) is 1. The summed E-state index contributed by atoms with van der Waals surface area (Å²) in [5.74, 6) is 1.47. The van der Waals surface area contributed by atoms with E-state index in [9.17, 15) is 8.78 Å². The number of alkyl halides is 2. The molecule has 0 radical (unpaired) electrons. The minimum atomic E-state index is -2.77. The lowest BCUT2D eigenvalue weighted by Gasteiger charge is -2.17. The molecule has 2 atom stereocenters. The monoisotopic (exact) mass is 287 g/mol. The maximum Gasteiger partial charge on any atom is 0.387 e. The largest absolute Gasteiger partial charge is 0.435 e. The Morgan fingerprint density at radius 1 is 1.47 bits per heavy atom. The van der Waals surface area contributed by atoms with Gasteiger partial charge in [-0.2, -0.15) is 20.5 Å². The summed E-state index contributed by atoms with van der Waals surface area (Å²) in [4.78, 5) is 0. The van der Waals surface area contributed by atoms with Gasteiger partial charge in [0.15, 0.2) is 0 Å². The number of hydrogen-bond donors (Lipinski definition) is 1. The fourth-order valence-corrected chi connectivity index (χ4v) is 3.41.